The lowest BCUT2D eigenvalue weighted by Crippen LogP contribution is -2.13. The molecule has 0 bridgehead atoms. The van der Waals surface area contributed by atoms with Gasteiger partial charge in [-0.15, -0.1) is 0 Å². The highest BCUT2D eigenvalue weighted by Gasteiger charge is 2.08. The van der Waals surface area contributed by atoms with Crippen molar-refractivity contribution in [1.29, 1.82) is 0 Å². The molecule has 1 aromatic carbocycles. The first-order chi connectivity index (χ1) is 5.13. The van der Waals surface area contributed by atoms with Crippen molar-refractivity contribution in [3.63, 3.8) is 0 Å². The van der Waals surface area contributed by atoms with Gasteiger partial charge in [0.2, 0.25) is 5.91 Å². The Morgan fingerprint density at radius 1 is 1.55 bits per heavy atom. The van der Waals surface area contributed by atoms with Gasteiger partial charge in [0.1, 0.15) is 5.82 Å². The normalized spacial score (nSPS) is 9.64. The summed E-state index contributed by atoms with van der Waals surface area (Å²) in [4.78, 5) is 10.6. The van der Waals surface area contributed by atoms with Crippen molar-refractivity contribution in [3.8, 4) is 0 Å². The van der Waals surface area contributed by atoms with E-state index < -0.39 is 11.7 Å². The van der Waals surface area contributed by atoms with Crippen molar-refractivity contribution in [2.45, 2.75) is 0 Å². The van der Waals surface area contributed by atoms with E-state index in [1.54, 1.807) is 22.6 Å². The second kappa shape index (κ2) is 3.17. The number of carbonyl (C=O) groups excluding carboxylic acids is 1. The molecule has 0 radical (unpaired) electrons. The Labute approximate surface area is 76.7 Å². The Morgan fingerprint density at radius 2 is 2.18 bits per heavy atom. The molecule has 1 aromatic rings. The van der Waals surface area contributed by atoms with E-state index in [0.29, 0.717) is 0 Å². The lowest BCUT2D eigenvalue weighted by molar-refractivity contribution is 0.0999. The number of benzene rings is 1. The molecule has 58 valence electrons. The number of amides is 1. The van der Waals surface area contributed by atoms with Gasteiger partial charge in [-0.1, -0.05) is 6.07 Å². The number of nitrogens with two attached hydrogens (primary N) is 1. The van der Waals surface area contributed by atoms with Crippen molar-refractivity contribution in [3.05, 3.63) is 33.1 Å². The fourth-order valence-electron chi connectivity index (χ4n) is 0.694. The van der Waals surface area contributed by atoms with E-state index in [-0.39, 0.29) is 9.13 Å². The van der Waals surface area contributed by atoms with Gasteiger partial charge in [-0.3, -0.25) is 4.79 Å². The molecule has 0 aliphatic heterocycles. The quantitative estimate of drug-likeness (QED) is 0.769. The van der Waals surface area contributed by atoms with E-state index in [1.165, 1.54) is 18.2 Å². The van der Waals surface area contributed by atoms with Crippen LogP contribution >= 0.6 is 22.6 Å². The van der Waals surface area contributed by atoms with Gasteiger partial charge >= 0.3 is 0 Å². The van der Waals surface area contributed by atoms with Crippen LogP contribution in [0.1, 0.15) is 10.4 Å². The summed E-state index contributed by atoms with van der Waals surface area (Å²) in [6.07, 6.45) is 0. The predicted molar refractivity (Wildman–Crippen MR) is 47.6 cm³/mol. The largest absolute Gasteiger partial charge is 0.366 e. The first-order valence-electron chi connectivity index (χ1n) is 2.86. The second-order valence-corrected chi connectivity index (χ2v) is 3.04. The van der Waals surface area contributed by atoms with Gasteiger partial charge in [-0.25, -0.2) is 4.39 Å². The summed E-state index contributed by atoms with van der Waals surface area (Å²) in [7, 11) is 0. The fourth-order valence-corrected chi connectivity index (χ4v) is 1.32. The van der Waals surface area contributed by atoms with Crippen molar-refractivity contribution in [2.75, 3.05) is 0 Å². The minimum Gasteiger partial charge on any atom is -0.366 e. The Hall–Kier alpha value is -0.650. The summed E-state index contributed by atoms with van der Waals surface area (Å²) < 4.78 is 13.0. The molecule has 0 aromatic heterocycles. The fraction of sp³-hybridized carbons (Fsp3) is 0. The van der Waals surface area contributed by atoms with Crippen molar-refractivity contribution in [2.24, 2.45) is 5.73 Å². The van der Waals surface area contributed by atoms with Crippen LogP contribution in [0.2, 0.25) is 0 Å². The lowest BCUT2D eigenvalue weighted by atomic mass is 10.2. The highest BCUT2D eigenvalue weighted by Crippen LogP contribution is 2.14. The molecular weight excluding hydrogens is 260 g/mol. The maximum absolute atomic E-state index is 12.7. The van der Waals surface area contributed by atoms with Crippen LogP contribution < -0.4 is 5.73 Å². The molecule has 2 nitrogen and oxygen atoms in total. The number of primary amides is 1. The molecule has 0 unspecified atom stereocenters. The van der Waals surface area contributed by atoms with Crippen molar-refractivity contribution in [1.82, 2.24) is 0 Å². The van der Waals surface area contributed by atoms with Gasteiger partial charge in [-0.2, -0.15) is 0 Å². The van der Waals surface area contributed by atoms with E-state index in [2.05, 4.69) is 0 Å². The average molecular weight is 265 g/mol. The third-order valence-electron chi connectivity index (χ3n) is 1.22. The lowest BCUT2D eigenvalue weighted by Gasteiger charge is -1.98. The number of carbonyl (C=O) groups is 1. The molecule has 0 saturated carbocycles. The smallest absolute Gasteiger partial charge is 0.249 e. The summed E-state index contributed by atoms with van der Waals surface area (Å²) in [6.45, 7) is 0. The third-order valence-corrected chi connectivity index (χ3v) is 2.31. The Bertz CT molecular complexity index is 300. The molecule has 11 heavy (non-hydrogen) atoms. The van der Waals surface area contributed by atoms with Crippen LogP contribution in [0.15, 0.2) is 18.2 Å². The van der Waals surface area contributed by atoms with Crippen LogP contribution in [0.5, 0.6) is 0 Å². The van der Waals surface area contributed by atoms with Gasteiger partial charge in [0.15, 0.2) is 0 Å². The maximum Gasteiger partial charge on any atom is 0.249 e. The highest BCUT2D eigenvalue weighted by atomic mass is 127. The SMILES string of the molecule is NC(=O)c1cccc(F)c1I. The van der Waals surface area contributed by atoms with E-state index >= 15 is 0 Å². The molecule has 4 heteroatoms. The number of halogens is 2. The van der Waals surface area contributed by atoms with Crippen LogP contribution in [0, 0.1) is 9.39 Å². The van der Waals surface area contributed by atoms with E-state index in [4.69, 9.17) is 5.73 Å². The van der Waals surface area contributed by atoms with E-state index in [1.807, 2.05) is 0 Å². The molecule has 1 amide bonds. The molecule has 2 N–H and O–H groups in total. The first kappa shape index (κ1) is 8.45. The molecule has 0 saturated heterocycles. The molecule has 0 spiro atoms. The number of rotatable bonds is 1. The second-order valence-electron chi connectivity index (χ2n) is 1.97. The summed E-state index contributed by atoms with van der Waals surface area (Å²) in [5.74, 6) is -1.02. The number of hydrogen-bond donors (Lipinski definition) is 1. The Kier molecular flexibility index (Phi) is 2.43. The standard InChI is InChI=1S/C7H5FINO/c8-5-3-1-2-4(6(5)9)7(10)11/h1-3H,(H2,10,11). The van der Waals surface area contributed by atoms with Gasteiger partial charge in [-0.05, 0) is 34.7 Å². The number of hydrogen-bond acceptors (Lipinski definition) is 1. The molecule has 0 aliphatic carbocycles. The predicted octanol–water partition coefficient (Wildman–Crippen LogP) is 1.53. The zero-order valence-electron chi connectivity index (χ0n) is 5.47. The summed E-state index contributed by atoms with van der Waals surface area (Å²) in [5, 5.41) is 0. The molecule has 0 fully saturated rings. The summed E-state index contributed by atoms with van der Waals surface area (Å²) in [6, 6.07) is 4.24. The molecule has 0 heterocycles. The topological polar surface area (TPSA) is 43.1 Å². The molecule has 0 aliphatic rings. The zero-order chi connectivity index (χ0) is 8.43. The molecule has 0 atom stereocenters. The Morgan fingerprint density at radius 3 is 2.64 bits per heavy atom. The van der Waals surface area contributed by atoms with Crippen LogP contribution in [-0.4, -0.2) is 5.91 Å². The zero-order valence-corrected chi connectivity index (χ0v) is 7.63. The average Bonchev–Trinajstić information content (AvgIpc) is 1.94. The minimum absolute atomic E-state index is 0.227. The highest BCUT2D eigenvalue weighted by molar-refractivity contribution is 14.1. The summed E-state index contributed by atoms with van der Waals surface area (Å²) >= 11 is 1.74. The monoisotopic (exact) mass is 265 g/mol. The minimum atomic E-state index is -0.603. The molecule has 1 rings (SSSR count). The van der Waals surface area contributed by atoms with Crippen LogP contribution in [0.3, 0.4) is 0 Å². The van der Waals surface area contributed by atoms with Gasteiger partial charge in [0.25, 0.3) is 0 Å². The van der Waals surface area contributed by atoms with E-state index in [0.717, 1.165) is 0 Å². The van der Waals surface area contributed by atoms with Crippen LogP contribution in [0.25, 0.3) is 0 Å². The van der Waals surface area contributed by atoms with Crippen molar-refractivity contribution < 1.29 is 9.18 Å². The van der Waals surface area contributed by atoms with Crippen LogP contribution in [0.4, 0.5) is 4.39 Å². The van der Waals surface area contributed by atoms with E-state index in [9.17, 15) is 9.18 Å². The maximum atomic E-state index is 12.7. The first-order valence-corrected chi connectivity index (χ1v) is 3.94. The molecular formula is C7H5FINO. The van der Waals surface area contributed by atoms with Gasteiger partial charge < -0.3 is 5.73 Å². The summed E-state index contributed by atoms with van der Waals surface area (Å²) in [5.41, 5.74) is 5.20. The van der Waals surface area contributed by atoms with Gasteiger partial charge in [0.05, 0.1) is 9.13 Å². The van der Waals surface area contributed by atoms with Crippen LogP contribution in [-0.2, 0) is 0 Å². The van der Waals surface area contributed by atoms with Crippen molar-refractivity contribution >= 4 is 28.5 Å². The Balaban J connectivity index is 3.27. The third kappa shape index (κ3) is 1.68. The van der Waals surface area contributed by atoms with Gasteiger partial charge in [0, 0.05) is 0 Å².